The maximum atomic E-state index is 12.8. The second kappa shape index (κ2) is 9.86. The Bertz CT molecular complexity index is 1040. The van der Waals surface area contributed by atoms with E-state index in [4.69, 9.17) is 21.1 Å². The van der Waals surface area contributed by atoms with Gasteiger partial charge in [0.1, 0.15) is 11.5 Å². The van der Waals surface area contributed by atoms with E-state index in [9.17, 15) is 13.2 Å². The van der Waals surface area contributed by atoms with Gasteiger partial charge >= 0.3 is 0 Å². The highest BCUT2D eigenvalue weighted by Gasteiger charge is 2.29. The first kappa shape index (κ1) is 23.3. The molecule has 0 atom stereocenters. The molecule has 10 heteroatoms. The van der Waals surface area contributed by atoms with Crippen molar-refractivity contribution in [2.75, 3.05) is 52.3 Å². The van der Waals surface area contributed by atoms with Crippen LogP contribution in [0.25, 0.3) is 0 Å². The Hall–Kier alpha value is -2.33. The number of sulfonamides is 1. The molecule has 31 heavy (non-hydrogen) atoms. The summed E-state index contributed by atoms with van der Waals surface area (Å²) in [5.41, 5.74) is 1.46. The predicted octanol–water partition coefficient (Wildman–Crippen LogP) is 2.61. The minimum atomic E-state index is -3.54. The molecular formula is C21H26ClN3O5S. The predicted molar refractivity (Wildman–Crippen MR) is 120 cm³/mol. The van der Waals surface area contributed by atoms with Gasteiger partial charge in [0.25, 0.3) is 0 Å². The molecule has 3 rings (SSSR count). The lowest BCUT2D eigenvalue weighted by molar-refractivity contribution is -0.117. The highest BCUT2D eigenvalue weighted by Crippen LogP contribution is 2.35. The lowest BCUT2D eigenvalue weighted by Crippen LogP contribution is -2.50. The molecule has 1 aliphatic heterocycles. The molecule has 1 amide bonds. The Morgan fingerprint density at radius 2 is 1.65 bits per heavy atom. The van der Waals surface area contributed by atoms with E-state index < -0.39 is 10.0 Å². The van der Waals surface area contributed by atoms with Gasteiger partial charge in [-0.3, -0.25) is 9.69 Å². The molecule has 0 unspecified atom stereocenters. The Morgan fingerprint density at radius 3 is 2.23 bits per heavy atom. The largest absolute Gasteiger partial charge is 0.495 e. The average Bonchev–Trinajstić information content (AvgIpc) is 2.75. The van der Waals surface area contributed by atoms with Crippen LogP contribution < -0.4 is 14.8 Å². The monoisotopic (exact) mass is 467 g/mol. The summed E-state index contributed by atoms with van der Waals surface area (Å²) in [7, 11) is -0.560. The SMILES string of the molecule is COc1cc(NC(=O)CN2CCN(S(=O)(=O)c3ccc(C)cc3)CC2)c(OC)cc1Cl. The zero-order chi connectivity index (χ0) is 22.6. The van der Waals surface area contributed by atoms with Crippen molar-refractivity contribution < 1.29 is 22.7 Å². The van der Waals surface area contributed by atoms with Crippen molar-refractivity contribution in [2.24, 2.45) is 0 Å². The van der Waals surface area contributed by atoms with E-state index in [-0.39, 0.29) is 17.3 Å². The molecule has 0 aromatic heterocycles. The van der Waals surface area contributed by atoms with E-state index in [1.807, 2.05) is 11.8 Å². The van der Waals surface area contributed by atoms with Gasteiger partial charge in [-0.2, -0.15) is 4.31 Å². The van der Waals surface area contributed by atoms with Gasteiger partial charge in [-0.05, 0) is 19.1 Å². The Morgan fingerprint density at radius 1 is 1.03 bits per heavy atom. The maximum absolute atomic E-state index is 12.8. The number of halogens is 1. The molecule has 168 valence electrons. The van der Waals surface area contributed by atoms with Crippen LogP contribution >= 0.6 is 11.6 Å². The Kier molecular flexibility index (Phi) is 7.42. The van der Waals surface area contributed by atoms with Crippen LogP contribution in [-0.4, -0.2) is 70.5 Å². The summed E-state index contributed by atoms with van der Waals surface area (Å²) < 4.78 is 37.6. The fourth-order valence-electron chi connectivity index (χ4n) is 3.34. The topological polar surface area (TPSA) is 88.2 Å². The molecule has 1 saturated heterocycles. The Balaban J connectivity index is 1.59. The van der Waals surface area contributed by atoms with Crippen molar-refractivity contribution in [3.63, 3.8) is 0 Å². The van der Waals surface area contributed by atoms with Crippen LogP contribution in [0.15, 0.2) is 41.3 Å². The maximum Gasteiger partial charge on any atom is 0.243 e. The summed E-state index contributed by atoms with van der Waals surface area (Å²) in [6.45, 7) is 3.60. The third-order valence-electron chi connectivity index (χ3n) is 5.11. The van der Waals surface area contributed by atoms with Crippen LogP contribution in [0.4, 0.5) is 5.69 Å². The molecule has 0 spiro atoms. The van der Waals surface area contributed by atoms with Crippen LogP contribution in [0, 0.1) is 6.92 Å². The number of ether oxygens (including phenoxy) is 2. The lowest BCUT2D eigenvalue weighted by atomic mass is 10.2. The fraction of sp³-hybridized carbons (Fsp3) is 0.381. The van der Waals surface area contributed by atoms with Gasteiger partial charge < -0.3 is 14.8 Å². The van der Waals surface area contributed by atoms with Crippen molar-refractivity contribution in [3.8, 4) is 11.5 Å². The lowest BCUT2D eigenvalue weighted by Gasteiger charge is -2.33. The van der Waals surface area contributed by atoms with Gasteiger partial charge in [-0.25, -0.2) is 8.42 Å². The molecule has 1 heterocycles. The number of carbonyl (C=O) groups excluding carboxylic acids is 1. The zero-order valence-corrected chi connectivity index (χ0v) is 19.3. The number of aryl methyl sites for hydroxylation is 1. The fourth-order valence-corrected chi connectivity index (χ4v) is 4.99. The Labute approximate surface area is 187 Å². The van der Waals surface area contributed by atoms with Gasteiger partial charge in [0.15, 0.2) is 0 Å². The van der Waals surface area contributed by atoms with Crippen LogP contribution in [0.5, 0.6) is 11.5 Å². The van der Waals surface area contributed by atoms with Crippen molar-refractivity contribution >= 4 is 33.2 Å². The molecule has 0 saturated carbocycles. The number of piperazine rings is 1. The van der Waals surface area contributed by atoms with Crippen LogP contribution in [-0.2, 0) is 14.8 Å². The molecule has 1 N–H and O–H groups in total. The normalized spacial score (nSPS) is 15.5. The summed E-state index contributed by atoms with van der Waals surface area (Å²) in [5, 5.41) is 3.19. The molecule has 1 aliphatic rings. The van der Waals surface area contributed by atoms with E-state index >= 15 is 0 Å². The molecule has 8 nitrogen and oxygen atoms in total. The van der Waals surface area contributed by atoms with E-state index in [2.05, 4.69) is 5.32 Å². The molecule has 2 aromatic rings. The van der Waals surface area contributed by atoms with E-state index in [1.165, 1.54) is 18.5 Å². The number of hydrogen-bond donors (Lipinski definition) is 1. The quantitative estimate of drug-likeness (QED) is 0.673. The summed E-state index contributed by atoms with van der Waals surface area (Å²) in [4.78, 5) is 14.7. The second-order valence-corrected chi connectivity index (χ2v) is 9.57. The summed E-state index contributed by atoms with van der Waals surface area (Å²) in [5.74, 6) is 0.610. The van der Waals surface area contributed by atoms with Gasteiger partial charge in [0, 0.05) is 38.3 Å². The number of anilines is 1. The third-order valence-corrected chi connectivity index (χ3v) is 7.31. The van der Waals surface area contributed by atoms with Crippen LogP contribution in [0.2, 0.25) is 5.02 Å². The zero-order valence-electron chi connectivity index (χ0n) is 17.7. The van der Waals surface area contributed by atoms with Crippen molar-refractivity contribution in [3.05, 3.63) is 47.0 Å². The standard InChI is InChI=1S/C21H26ClN3O5S/c1-15-4-6-16(7-5-15)31(27,28)25-10-8-24(9-11-25)14-21(26)23-18-13-19(29-2)17(22)12-20(18)30-3/h4-7,12-13H,8-11,14H2,1-3H3,(H,23,26). The number of benzene rings is 2. The molecule has 1 fully saturated rings. The number of nitrogens with one attached hydrogen (secondary N) is 1. The van der Waals surface area contributed by atoms with Crippen LogP contribution in [0.1, 0.15) is 5.56 Å². The number of carbonyl (C=O) groups is 1. The highest BCUT2D eigenvalue weighted by atomic mass is 35.5. The van der Waals surface area contributed by atoms with Crippen molar-refractivity contribution in [1.82, 2.24) is 9.21 Å². The number of amides is 1. The summed E-state index contributed by atoms with van der Waals surface area (Å²) in [6, 6.07) is 9.99. The highest BCUT2D eigenvalue weighted by molar-refractivity contribution is 7.89. The number of rotatable bonds is 7. The molecule has 2 aromatic carbocycles. The second-order valence-electron chi connectivity index (χ2n) is 7.23. The summed E-state index contributed by atoms with van der Waals surface area (Å²) in [6.07, 6.45) is 0. The molecule has 0 radical (unpaired) electrons. The number of hydrogen-bond acceptors (Lipinski definition) is 6. The summed E-state index contributed by atoms with van der Waals surface area (Å²) >= 11 is 6.10. The third kappa shape index (κ3) is 5.48. The number of nitrogens with zero attached hydrogens (tertiary/aromatic N) is 2. The first-order valence-electron chi connectivity index (χ1n) is 9.75. The number of methoxy groups -OCH3 is 2. The van der Waals surface area contributed by atoms with E-state index in [1.54, 1.807) is 36.4 Å². The van der Waals surface area contributed by atoms with E-state index in [0.29, 0.717) is 48.4 Å². The van der Waals surface area contributed by atoms with Gasteiger partial charge in [-0.1, -0.05) is 29.3 Å². The van der Waals surface area contributed by atoms with Crippen molar-refractivity contribution in [2.45, 2.75) is 11.8 Å². The molecular weight excluding hydrogens is 442 g/mol. The van der Waals surface area contributed by atoms with Gasteiger partial charge in [-0.15, -0.1) is 0 Å². The van der Waals surface area contributed by atoms with E-state index in [0.717, 1.165) is 5.56 Å². The minimum absolute atomic E-state index is 0.131. The molecule has 0 bridgehead atoms. The average molecular weight is 468 g/mol. The first-order valence-corrected chi connectivity index (χ1v) is 11.6. The minimum Gasteiger partial charge on any atom is -0.495 e. The van der Waals surface area contributed by atoms with Crippen molar-refractivity contribution in [1.29, 1.82) is 0 Å². The van der Waals surface area contributed by atoms with Crippen LogP contribution in [0.3, 0.4) is 0 Å². The smallest absolute Gasteiger partial charge is 0.243 e. The van der Waals surface area contributed by atoms with Gasteiger partial charge in [0.05, 0.1) is 36.4 Å². The van der Waals surface area contributed by atoms with Gasteiger partial charge in [0.2, 0.25) is 15.9 Å². The first-order chi connectivity index (χ1) is 14.7. The molecule has 0 aliphatic carbocycles.